The minimum absolute atomic E-state index is 0.0933. The van der Waals surface area contributed by atoms with Crippen LogP contribution in [0.25, 0.3) is 0 Å². The molecule has 0 spiro atoms. The van der Waals surface area contributed by atoms with Crippen LogP contribution in [0.15, 0.2) is 0 Å². The first-order valence-corrected chi connectivity index (χ1v) is 11.7. The predicted octanol–water partition coefficient (Wildman–Crippen LogP) is 1.80. The molecule has 0 aliphatic rings. The van der Waals surface area contributed by atoms with Crippen molar-refractivity contribution in [1.82, 2.24) is 10.6 Å². The number of carbonyl (C=O) groups is 6. The van der Waals surface area contributed by atoms with Gasteiger partial charge in [-0.2, -0.15) is 0 Å². The lowest BCUT2D eigenvalue weighted by atomic mass is 10.0. The van der Waals surface area contributed by atoms with Crippen molar-refractivity contribution in [1.29, 1.82) is 0 Å². The summed E-state index contributed by atoms with van der Waals surface area (Å²) < 4.78 is -2.33. The van der Waals surface area contributed by atoms with Crippen LogP contribution in [0.2, 0.25) is 0 Å². The Labute approximate surface area is 196 Å². The van der Waals surface area contributed by atoms with Crippen LogP contribution in [-0.4, -0.2) is 65.8 Å². The van der Waals surface area contributed by atoms with Gasteiger partial charge in [-0.1, -0.05) is 37.4 Å². The van der Waals surface area contributed by atoms with Gasteiger partial charge in [0.15, 0.2) is 10.2 Å². The smallest absolute Gasteiger partial charge is 0.327 e. The van der Waals surface area contributed by atoms with Gasteiger partial charge < -0.3 is 20.8 Å². The Morgan fingerprint density at radius 3 is 1.19 bits per heavy atom. The molecule has 2 atom stereocenters. The molecular weight excluding hydrogens is 460 g/mol. The summed E-state index contributed by atoms with van der Waals surface area (Å²) in [5, 5.41) is 22.7. The summed E-state index contributed by atoms with van der Waals surface area (Å²) in [7, 11) is 0. The van der Waals surface area contributed by atoms with Crippen LogP contribution in [0.3, 0.4) is 0 Å². The fourth-order valence-electron chi connectivity index (χ4n) is 2.60. The van der Waals surface area contributed by atoms with Crippen molar-refractivity contribution in [3.8, 4) is 0 Å². The zero-order valence-corrected chi connectivity index (χ0v) is 20.8. The van der Waals surface area contributed by atoms with E-state index in [1.807, 2.05) is 0 Å². The summed E-state index contributed by atoms with van der Waals surface area (Å²) in [5.41, 5.74) is 0. The van der Waals surface area contributed by atoms with Gasteiger partial charge in [-0.3, -0.25) is 19.2 Å². The Morgan fingerprint density at radius 2 is 0.969 bits per heavy atom. The molecule has 2 amide bonds. The minimum atomic E-state index is -1.30. The van der Waals surface area contributed by atoms with E-state index < -0.39 is 55.6 Å². The third-order valence-corrected chi connectivity index (χ3v) is 6.81. The number of carboxylic acids is 2. The summed E-state index contributed by atoms with van der Waals surface area (Å²) in [6, 6.07) is -2.60. The lowest BCUT2D eigenvalue weighted by molar-refractivity contribution is -0.143. The van der Waals surface area contributed by atoms with Crippen molar-refractivity contribution < 1.29 is 39.0 Å². The Balaban J connectivity index is 5.02. The van der Waals surface area contributed by atoms with Crippen molar-refractivity contribution in [3.05, 3.63) is 0 Å². The molecule has 0 aromatic heterocycles. The van der Waals surface area contributed by atoms with Gasteiger partial charge in [0.1, 0.15) is 12.1 Å². The van der Waals surface area contributed by atoms with Gasteiger partial charge in [0.25, 0.3) is 0 Å². The second kappa shape index (κ2) is 12.8. The lowest BCUT2D eigenvalue weighted by Gasteiger charge is -2.31. The average Bonchev–Trinajstić information content (AvgIpc) is 2.66. The van der Waals surface area contributed by atoms with E-state index in [2.05, 4.69) is 10.6 Å². The summed E-state index contributed by atoms with van der Waals surface area (Å²) in [6.45, 7) is 9.20. The summed E-state index contributed by atoms with van der Waals surface area (Å²) in [4.78, 5) is 71.1. The normalized spacial score (nSPS) is 13.6. The maximum atomic E-state index is 12.4. The molecule has 0 rings (SSSR count). The molecule has 0 aliphatic carbocycles. The third kappa shape index (κ3) is 10.0. The number of aliphatic carboxylic acids is 2. The van der Waals surface area contributed by atoms with E-state index in [9.17, 15) is 39.0 Å². The highest BCUT2D eigenvalue weighted by Gasteiger charge is 2.40. The summed E-state index contributed by atoms with van der Waals surface area (Å²) in [5.74, 6) is -3.48. The van der Waals surface area contributed by atoms with Crippen molar-refractivity contribution in [2.75, 3.05) is 0 Å². The molecule has 0 unspecified atom stereocenters. The number of hydrogen-bond donors (Lipinski definition) is 4. The molecule has 0 bridgehead atoms. The highest BCUT2D eigenvalue weighted by atomic mass is 32.2. The Bertz CT molecular complexity index is 690. The van der Waals surface area contributed by atoms with Gasteiger partial charge in [0.2, 0.25) is 11.8 Å². The van der Waals surface area contributed by atoms with Crippen molar-refractivity contribution in [2.24, 2.45) is 0 Å². The molecule has 4 N–H and O–H groups in total. The van der Waals surface area contributed by atoms with Crippen LogP contribution in [0.4, 0.5) is 0 Å². The number of rotatable bonds is 13. The van der Waals surface area contributed by atoms with E-state index in [1.54, 1.807) is 13.8 Å². The first-order valence-electron chi connectivity index (χ1n) is 10.0. The Hall–Kier alpha value is -2.08. The van der Waals surface area contributed by atoms with E-state index in [0.29, 0.717) is 0 Å². The monoisotopic (exact) mass is 492 g/mol. The number of carbonyl (C=O) groups excluding carboxylic acids is 4. The first-order chi connectivity index (χ1) is 14.6. The first kappa shape index (κ1) is 29.9. The van der Waals surface area contributed by atoms with Crippen LogP contribution in [0.1, 0.15) is 67.2 Å². The molecule has 182 valence electrons. The van der Waals surface area contributed by atoms with Gasteiger partial charge >= 0.3 is 11.9 Å². The summed E-state index contributed by atoms with van der Waals surface area (Å²) in [6.07, 6.45) is -0.196. The van der Waals surface area contributed by atoms with Crippen LogP contribution in [0.5, 0.6) is 0 Å². The van der Waals surface area contributed by atoms with Crippen LogP contribution < -0.4 is 10.6 Å². The van der Waals surface area contributed by atoms with E-state index in [-0.39, 0.29) is 25.7 Å². The highest BCUT2D eigenvalue weighted by Crippen LogP contribution is 2.33. The molecule has 0 radical (unpaired) electrons. The van der Waals surface area contributed by atoms with E-state index in [1.165, 1.54) is 27.7 Å². The molecular formula is C20H32N2O8S2. The number of amides is 2. The number of thioether (sulfide) groups is 2. The molecule has 0 aliphatic heterocycles. The van der Waals surface area contributed by atoms with Crippen molar-refractivity contribution >= 4 is 57.5 Å². The van der Waals surface area contributed by atoms with E-state index >= 15 is 0 Å². The van der Waals surface area contributed by atoms with Crippen molar-refractivity contribution in [2.45, 2.75) is 88.8 Å². The average molecular weight is 493 g/mol. The van der Waals surface area contributed by atoms with E-state index in [0.717, 1.165) is 23.5 Å². The van der Waals surface area contributed by atoms with Crippen LogP contribution in [-0.2, 0) is 28.8 Å². The molecule has 10 nitrogen and oxygen atoms in total. The highest BCUT2D eigenvalue weighted by molar-refractivity contribution is 8.15. The second-order valence-corrected chi connectivity index (χ2v) is 11.5. The topological polar surface area (TPSA) is 167 Å². The molecule has 0 fully saturated rings. The molecule has 0 saturated heterocycles. The van der Waals surface area contributed by atoms with Crippen LogP contribution in [0, 0.1) is 0 Å². The predicted molar refractivity (Wildman–Crippen MR) is 122 cm³/mol. The lowest BCUT2D eigenvalue weighted by Crippen LogP contribution is -2.53. The van der Waals surface area contributed by atoms with Gasteiger partial charge in [-0.05, 0) is 27.7 Å². The maximum absolute atomic E-state index is 12.4. The molecule has 12 heteroatoms. The molecule has 0 aromatic rings. The molecule has 32 heavy (non-hydrogen) atoms. The third-order valence-electron chi connectivity index (χ3n) is 4.42. The Morgan fingerprint density at radius 1 is 0.688 bits per heavy atom. The fourth-order valence-corrected chi connectivity index (χ4v) is 4.74. The standard InChI is InChI=1S/C20H32N2O8S2/c1-7-11(23)21-15(17(27)28)19(3,4)31-13(25)9-10-14(26)32-20(5,6)16(18(29)30)22-12(24)8-2/h15-16H,7-10H2,1-6H3,(H,21,23)(H,22,24)(H,27,28)(H,29,30)/t15-,16-/m1/s1. The fraction of sp³-hybridized carbons (Fsp3) is 0.700. The Kier molecular flexibility index (Phi) is 12.0. The van der Waals surface area contributed by atoms with Gasteiger partial charge in [0.05, 0.1) is 0 Å². The van der Waals surface area contributed by atoms with Crippen molar-refractivity contribution in [3.63, 3.8) is 0 Å². The quantitative estimate of drug-likeness (QED) is 0.297. The number of nitrogens with one attached hydrogen (secondary N) is 2. The van der Waals surface area contributed by atoms with Gasteiger partial charge in [-0.15, -0.1) is 0 Å². The largest absolute Gasteiger partial charge is 0.480 e. The number of hydrogen-bond acceptors (Lipinski definition) is 8. The number of carboxylic acid groups (broad SMARTS) is 2. The van der Waals surface area contributed by atoms with Gasteiger partial charge in [-0.25, -0.2) is 9.59 Å². The SMILES string of the molecule is CCC(=O)N[C@H](C(=O)O)C(C)(C)SC(=O)CCC(=O)SC(C)(C)[C@H](NC(=O)CC)C(=O)O. The second-order valence-electron chi connectivity index (χ2n) is 8.04. The van der Waals surface area contributed by atoms with E-state index in [4.69, 9.17) is 0 Å². The van der Waals surface area contributed by atoms with Crippen LogP contribution >= 0.6 is 23.5 Å². The maximum Gasteiger partial charge on any atom is 0.327 e. The zero-order chi connectivity index (χ0) is 25.3. The van der Waals surface area contributed by atoms with Gasteiger partial charge in [0, 0.05) is 35.2 Å². The zero-order valence-electron chi connectivity index (χ0n) is 19.1. The molecule has 0 aromatic carbocycles. The molecule has 0 saturated carbocycles. The summed E-state index contributed by atoms with van der Waals surface area (Å²) >= 11 is 1.45. The molecule has 0 heterocycles. The minimum Gasteiger partial charge on any atom is -0.480 e.